The molecular weight excluding hydrogens is 374 g/mol. The number of aromatic nitrogens is 2. The first-order valence-electron chi connectivity index (χ1n) is 9.92. The maximum absolute atomic E-state index is 12.1. The molecule has 0 saturated carbocycles. The summed E-state index contributed by atoms with van der Waals surface area (Å²) in [6, 6.07) is 7.34. The molecule has 158 valence electrons. The minimum Gasteiger partial charge on any atom is -0.444 e. The quantitative estimate of drug-likeness (QED) is 0.813. The van der Waals surface area contributed by atoms with E-state index < -0.39 is 11.7 Å². The molecule has 1 aliphatic heterocycles. The largest absolute Gasteiger partial charge is 0.444 e. The fourth-order valence-electron chi connectivity index (χ4n) is 3.06. The van der Waals surface area contributed by atoms with Crippen molar-refractivity contribution in [3.05, 3.63) is 35.7 Å². The van der Waals surface area contributed by atoms with Gasteiger partial charge in [0.1, 0.15) is 12.2 Å². The molecule has 1 saturated heterocycles. The maximum Gasteiger partial charge on any atom is 0.410 e. The van der Waals surface area contributed by atoms with Crippen LogP contribution in [-0.2, 0) is 16.1 Å². The van der Waals surface area contributed by atoms with Crippen LogP contribution in [0.5, 0.6) is 0 Å². The third-order valence-corrected chi connectivity index (χ3v) is 4.65. The predicted octanol–water partition coefficient (Wildman–Crippen LogP) is 3.71. The molecule has 1 aliphatic rings. The highest BCUT2D eigenvalue weighted by Gasteiger charge is 2.27. The summed E-state index contributed by atoms with van der Waals surface area (Å²) >= 11 is 0. The Kier molecular flexibility index (Phi) is 6.54. The Balaban J connectivity index is 1.46. The molecule has 0 aliphatic carbocycles. The van der Waals surface area contributed by atoms with E-state index in [1.165, 1.54) is 0 Å². The lowest BCUT2D eigenvalue weighted by Crippen LogP contribution is -2.43. The highest BCUT2D eigenvalue weighted by atomic mass is 16.6. The molecule has 1 aromatic heterocycles. The van der Waals surface area contributed by atoms with Crippen LogP contribution >= 0.6 is 0 Å². The molecule has 1 fully saturated rings. The van der Waals surface area contributed by atoms with E-state index in [1.807, 2.05) is 45.0 Å². The SMILES string of the molecule is CC(O)c1ccc(-c2nc(COC3CCN(C(=O)OC(C)(C)C)CC3)no2)cc1. The Hall–Kier alpha value is -2.45. The van der Waals surface area contributed by atoms with E-state index in [0.29, 0.717) is 24.8 Å². The average molecular weight is 403 g/mol. The van der Waals surface area contributed by atoms with Crippen molar-refractivity contribution in [2.24, 2.45) is 0 Å². The number of carbonyl (C=O) groups is 1. The molecule has 1 aromatic carbocycles. The number of piperidine rings is 1. The smallest absolute Gasteiger partial charge is 0.410 e. The maximum atomic E-state index is 12.1. The zero-order chi connectivity index (χ0) is 21.0. The van der Waals surface area contributed by atoms with Gasteiger partial charge in [0.05, 0.1) is 12.2 Å². The fraction of sp³-hybridized carbons (Fsp3) is 0.571. The fourth-order valence-corrected chi connectivity index (χ4v) is 3.06. The number of amides is 1. The van der Waals surface area contributed by atoms with Gasteiger partial charge in [0, 0.05) is 18.7 Å². The van der Waals surface area contributed by atoms with Crippen LogP contribution in [0.2, 0.25) is 0 Å². The van der Waals surface area contributed by atoms with Crippen LogP contribution in [0.25, 0.3) is 11.5 Å². The van der Waals surface area contributed by atoms with Crippen LogP contribution in [0.4, 0.5) is 4.79 Å². The molecule has 1 amide bonds. The molecule has 0 radical (unpaired) electrons. The molecular formula is C21H29N3O5. The Morgan fingerprint density at radius 1 is 1.28 bits per heavy atom. The minimum absolute atomic E-state index is 0.0426. The van der Waals surface area contributed by atoms with Crippen LogP contribution in [0.15, 0.2) is 28.8 Å². The Labute approximate surface area is 170 Å². The third kappa shape index (κ3) is 6.01. The van der Waals surface area contributed by atoms with Crippen LogP contribution < -0.4 is 0 Å². The monoisotopic (exact) mass is 403 g/mol. The van der Waals surface area contributed by atoms with E-state index in [2.05, 4.69) is 10.1 Å². The lowest BCUT2D eigenvalue weighted by atomic mass is 10.1. The second-order valence-corrected chi connectivity index (χ2v) is 8.29. The molecule has 8 nitrogen and oxygen atoms in total. The van der Waals surface area contributed by atoms with Gasteiger partial charge in [0.15, 0.2) is 5.82 Å². The van der Waals surface area contributed by atoms with Crippen molar-refractivity contribution in [2.45, 2.75) is 65.0 Å². The standard InChI is InChI=1S/C21H29N3O5/c1-14(25)15-5-7-16(8-6-15)19-22-18(23-29-19)13-27-17-9-11-24(12-10-17)20(26)28-21(2,3)4/h5-8,14,17,25H,9-13H2,1-4H3. The predicted molar refractivity (Wildman–Crippen MR) is 106 cm³/mol. The van der Waals surface area contributed by atoms with Gasteiger partial charge < -0.3 is 24.0 Å². The van der Waals surface area contributed by atoms with Gasteiger partial charge in [-0.15, -0.1) is 0 Å². The lowest BCUT2D eigenvalue weighted by molar-refractivity contribution is -0.0190. The number of nitrogens with zero attached hydrogens (tertiary/aromatic N) is 3. The van der Waals surface area contributed by atoms with Gasteiger partial charge in [0.2, 0.25) is 0 Å². The first-order valence-corrected chi connectivity index (χ1v) is 9.92. The lowest BCUT2D eigenvalue weighted by Gasteiger charge is -2.33. The summed E-state index contributed by atoms with van der Waals surface area (Å²) in [6.07, 6.45) is 0.731. The van der Waals surface area contributed by atoms with E-state index in [4.69, 9.17) is 14.0 Å². The van der Waals surface area contributed by atoms with E-state index in [1.54, 1.807) is 11.8 Å². The van der Waals surface area contributed by atoms with E-state index in [0.717, 1.165) is 24.0 Å². The molecule has 1 unspecified atom stereocenters. The van der Waals surface area contributed by atoms with Crippen LogP contribution in [0, 0.1) is 0 Å². The number of carbonyl (C=O) groups excluding carboxylic acids is 1. The summed E-state index contributed by atoms with van der Waals surface area (Å²) in [5.41, 5.74) is 1.13. The highest BCUT2D eigenvalue weighted by Crippen LogP contribution is 2.22. The van der Waals surface area contributed by atoms with Crippen molar-refractivity contribution >= 4 is 6.09 Å². The normalized spacial score (nSPS) is 16.7. The van der Waals surface area contributed by atoms with E-state index >= 15 is 0 Å². The molecule has 2 aromatic rings. The van der Waals surface area contributed by atoms with Gasteiger partial charge in [-0.1, -0.05) is 17.3 Å². The minimum atomic E-state index is -0.516. The molecule has 2 heterocycles. The number of benzene rings is 1. The van der Waals surface area contributed by atoms with Gasteiger partial charge in [-0.25, -0.2) is 4.79 Å². The average Bonchev–Trinajstić information content (AvgIpc) is 3.14. The summed E-state index contributed by atoms with van der Waals surface area (Å²) in [4.78, 5) is 18.2. The van der Waals surface area contributed by atoms with Crippen molar-refractivity contribution < 1.29 is 23.9 Å². The number of ether oxygens (including phenoxy) is 2. The summed E-state index contributed by atoms with van der Waals surface area (Å²) in [6.45, 7) is 8.77. The third-order valence-electron chi connectivity index (χ3n) is 4.65. The van der Waals surface area contributed by atoms with Crippen LogP contribution in [-0.4, -0.2) is 51.0 Å². The molecule has 0 spiro atoms. The summed E-state index contributed by atoms with van der Waals surface area (Å²) in [5.74, 6) is 0.898. The number of hydrogen-bond donors (Lipinski definition) is 1. The van der Waals surface area contributed by atoms with Crippen molar-refractivity contribution in [2.75, 3.05) is 13.1 Å². The van der Waals surface area contributed by atoms with Crippen LogP contribution in [0.3, 0.4) is 0 Å². The molecule has 1 N–H and O–H groups in total. The van der Waals surface area contributed by atoms with Gasteiger partial charge in [-0.05, 0) is 58.2 Å². The first-order chi connectivity index (χ1) is 13.7. The second-order valence-electron chi connectivity index (χ2n) is 8.29. The number of rotatable bonds is 5. The second kappa shape index (κ2) is 8.92. The molecule has 0 bridgehead atoms. The summed E-state index contributed by atoms with van der Waals surface area (Å²) in [5, 5.41) is 13.6. The van der Waals surface area contributed by atoms with Crippen LogP contribution in [0.1, 0.15) is 58.0 Å². The number of hydrogen-bond acceptors (Lipinski definition) is 7. The van der Waals surface area contributed by atoms with Gasteiger partial charge in [0.25, 0.3) is 5.89 Å². The summed E-state index contributed by atoms with van der Waals surface area (Å²) in [7, 11) is 0. The van der Waals surface area contributed by atoms with Gasteiger partial charge >= 0.3 is 6.09 Å². The summed E-state index contributed by atoms with van der Waals surface area (Å²) < 4.78 is 16.6. The molecule has 29 heavy (non-hydrogen) atoms. The Bertz CT molecular complexity index is 802. The van der Waals surface area contributed by atoms with Gasteiger partial charge in [-0.2, -0.15) is 4.98 Å². The van der Waals surface area contributed by atoms with Crippen molar-refractivity contribution in [3.8, 4) is 11.5 Å². The molecule has 8 heteroatoms. The van der Waals surface area contributed by atoms with Crippen molar-refractivity contribution in [1.29, 1.82) is 0 Å². The molecule has 3 rings (SSSR count). The van der Waals surface area contributed by atoms with E-state index in [9.17, 15) is 9.90 Å². The number of aliphatic hydroxyl groups excluding tert-OH is 1. The zero-order valence-corrected chi connectivity index (χ0v) is 17.4. The van der Waals surface area contributed by atoms with Crippen molar-refractivity contribution in [1.82, 2.24) is 15.0 Å². The van der Waals surface area contributed by atoms with E-state index in [-0.39, 0.29) is 18.8 Å². The topological polar surface area (TPSA) is 97.9 Å². The Morgan fingerprint density at radius 3 is 2.52 bits per heavy atom. The Morgan fingerprint density at radius 2 is 1.93 bits per heavy atom. The zero-order valence-electron chi connectivity index (χ0n) is 17.4. The van der Waals surface area contributed by atoms with Gasteiger partial charge in [-0.3, -0.25) is 0 Å². The number of aliphatic hydroxyl groups is 1. The van der Waals surface area contributed by atoms with Crippen molar-refractivity contribution in [3.63, 3.8) is 0 Å². The first kappa shape index (κ1) is 21.3. The molecule has 1 atom stereocenters. The highest BCUT2D eigenvalue weighted by molar-refractivity contribution is 5.68. The number of likely N-dealkylation sites (tertiary alicyclic amines) is 1.